The van der Waals surface area contributed by atoms with Crippen molar-refractivity contribution < 1.29 is 13.2 Å². The molecule has 0 nitrogen and oxygen atoms in total. The molecular formula is C8H4BrCl2F3. The van der Waals surface area contributed by atoms with Crippen molar-refractivity contribution in [3.63, 3.8) is 0 Å². The van der Waals surface area contributed by atoms with Crippen molar-refractivity contribution in [2.75, 3.05) is 0 Å². The molecule has 1 unspecified atom stereocenters. The van der Waals surface area contributed by atoms with Gasteiger partial charge in [0.15, 0.2) is 0 Å². The van der Waals surface area contributed by atoms with Crippen LogP contribution in [0.15, 0.2) is 18.2 Å². The van der Waals surface area contributed by atoms with E-state index >= 15 is 0 Å². The number of hydrogen-bond donors (Lipinski definition) is 0. The highest BCUT2D eigenvalue weighted by Gasteiger charge is 2.39. The summed E-state index contributed by atoms with van der Waals surface area (Å²) in [5.41, 5.74) is -0.0384. The van der Waals surface area contributed by atoms with Crippen molar-refractivity contribution in [3.8, 4) is 0 Å². The Labute approximate surface area is 97.1 Å². The summed E-state index contributed by atoms with van der Waals surface area (Å²) in [6, 6.07) is 3.89. The van der Waals surface area contributed by atoms with Crippen LogP contribution >= 0.6 is 39.1 Å². The predicted molar refractivity (Wildman–Crippen MR) is 54.2 cm³/mol. The highest BCUT2D eigenvalue weighted by molar-refractivity contribution is 9.09. The van der Waals surface area contributed by atoms with Crippen molar-refractivity contribution in [3.05, 3.63) is 33.8 Å². The summed E-state index contributed by atoms with van der Waals surface area (Å²) in [6.45, 7) is 0. The third kappa shape index (κ3) is 2.78. The maximum absolute atomic E-state index is 12.3. The molecule has 0 heterocycles. The minimum atomic E-state index is -4.36. The summed E-state index contributed by atoms with van der Waals surface area (Å²) >= 11 is 13.7. The van der Waals surface area contributed by atoms with Gasteiger partial charge in [0, 0.05) is 10.0 Å². The lowest BCUT2D eigenvalue weighted by molar-refractivity contribution is -0.128. The molecule has 0 saturated carbocycles. The number of hydrogen-bond acceptors (Lipinski definition) is 0. The second-order valence-corrected chi connectivity index (χ2v) is 4.33. The Morgan fingerprint density at radius 2 is 1.79 bits per heavy atom. The van der Waals surface area contributed by atoms with Crippen LogP contribution in [0.1, 0.15) is 10.4 Å². The molecule has 0 aliphatic carbocycles. The van der Waals surface area contributed by atoms with Crippen molar-refractivity contribution in [2.45, 2.75) is 11.0 Å². The van der Waals surface area contributed by atoms with Crippen LogP contribution in [-0.4, -0.2) is 6.18 Å². The van der Waals surface area contributed by atoms with E-state index in [1.165, 1.54) is 18.2 Å². The van der Waals surface area contributed by atoms with Crippen LogP contribution < -0.4 is 0 Å². The maximum Gasteiger partial charge on any atom is 0.405 e. The summed E-state index contributed by atoms with van der Waals surface area (Å²) in [5.74, 6) is 0. The Kier molecular flexibility index (Phi) is 3.72. The number of rotatable bonds is 1. The van der Waals surface area contributed by atoms with Crippen molar-refractivity contribution in [1.29, 1.82) is 0 Å². The monoisotopic (exact) mass is 306 g/mol. The van der Waals surface area contributed by atoms with Crippen LogP contribution in [0, 0.1) is 0 Å². The van der Waals surface area contributed by atoms with Crippen LogP contribution in [0.2, 0.25) is 10.0 Å². The van der Waals surface area contributed by atoms with Crippen molar-refractivity contribution >= 4 is 39.1 Å². The van der Waals surface area contributed by atoms with Crippen molar-refractivity contribution in [1.82, 2.24) is 0 Å². The molecule has 0 aliphatic rings. The third-order valence-corrected chi connectivity index (χ3v) is 3.10. The van der Waals surface area contributed by atoms with Gasteiger partial charge in [0.25, 0.3) is 0 Å². The fourth-order valence-corrected chi connectivity index (χ4v) is 1.93. The standard InChI is InChI=1S/C8H4BrCl2F3/c9-7(8(12,13)14)5-2-1-4(10)3-6(5)11/h1-3,7H. The Balaban J connectivity index is 3.08. The first-order chi connectivity index (χ1) is 6.32. The zero-order valence-electron chi connectivity index (χ0n) is 6.58. The Morgan fingerprint density at radius 3 is 2.21 bits per heavy atom. The van der Waals surface area contributed by atoms with Gasteiger partial charge in [-0.15, -0.1) is 0 Å². The van der Waals surface area contributed by atoms with Crippen LogP contribution in [0.5, 0.6) is 0 Å². The molecule has 0 radical (unpaired) electrons. The fourth-order valence-electron chi connectivity index (χ4n) is 0.883. The number of alkyl halides is 4. The molecular weight excluding hydrogens is 304 g/mol. The van der Waals surface area contributed by atoms with Crippen LogP contribution in [0.3, 0.4) is 0 Å². The second-order valence-electron chi connectivity index (χ2n) is 2.57. The zero-order valence-corrected chi connectivity index (χ0v) is 9.68. The van der Waals surface area contributed by atoms with E-state index in [2.05, 4.69) is 15.9 Å². The zero-order chi connectivity index (χ0) is 10.9. The highest BCUT2D eigenvalue weighted by Crippen LogP contribution is 2.42. The lowest BCUT2D eigenvalue weighted by Crippen LogP contribution is -2.15. The second kappa shape index (κ2) is 4.29. The van der Waals surface area contributed by atoms with E-state index in [1.54, 1.807) is 0 Å². The molecule has 0 aromatic heterocycles. The van der Waals surface area contributed by atoms with E-state index in [4.69, 9.17) is 23.2 Å². The van der Waals surface area contributed by atoms with Gasteiger partial charge in [-0.2, -0.15) is 13.2 Å². The predicted octanol–water partition coefficient (Wildman–Crippen LogP) is 4.99. The summed E-state index contributed by atoms with van der Waals surface area (Å²) < 4.78 is 36.8. The molecule has 0 fully saturated rings. The Hall–Kier alpha value is 0.0700. The van der Waals surface area contributed by atoms with Gasteiger partial charge in [-0.3, -0.25) is 0 Å². The maximum atomic E-state index is 12.3. The molecule has 0 saturated heterocycles. The van der Waals surface area contributed by atoms with Gasteiger partial charge in [-0.1, -0.05) is 45.2 Å². The van der Waals surface area contributed by atoms with Gasteiger partial charge >= 0.3 is 6.18 Å². The third-order valence-electron chi connectivity index (χ3n) is 1.52. The molecule has 0 aliphatic heterocycles. The van der Waals surface area contributed by atoms with E-state index < -0.39 is 11.0 Å². The molecule has 0 bridgehead atoms. The molecule has 6 heteroatoms. The summed E-state index contributed by atoms with van der Waals surface area (Å²) in [4.78, 5) is -1.76. The number of halogens is 6. The lowest BCUT2D eigenvalue weighted by Gasteiger charge is -2.15. The average Bonchev–Trinajstić information content (AvgIpc) is 2.01. The Bertz CT molecular complexity index is 338. The van der Waals surface area contributed by atoms with Crippen LogP contribution in [0.4, 0.5) is 13.2 Å². The van der Waals surface area contributed by atoms with E-state index in [1.807, 2.05) is 0 Å². The van der Waals surface area contributed by atoms with Crippen LogP contribution in [0.25, 0.3) is 0 Å². The fraction of sp³-hybridized carbons (Fsp3) is 0.250. The van der Waals surface area contributed by atoms with Gasteiger partial charge in [0.05, 0.1) is 0 Å². The van der Waals surface area contributed by atoms with E-state index in [0.29, 0.717) is 5.02 Å². The summed E-state index contributed by atoms with van der Waals surface area (Å²) in [6.07, 6.45) is -4.36. The minimum Gasteiger partial charge on any atom is -0.169 e. The van der Waals surface area contributed by atoms with Crippen molar-refractivity contribution in [2.24, 2.45) is 0 Å². The molecule has 1 aromatic rings. The normalized spacial score (nSPS) is 14.1. The molecule has 1 atom stereocenters. The molecule has 78 valence electrons. The van der Waals surface area contributed by atoms with E-state index in [9.17, 15) is 13.2 Å². The smallest absolute Gasteiger partial charge is 0.169 e. The molecule has 0 spiro atoms. The van der Waals surface area contributed by atoms with E-state index in [0.717, 1.165) is 0 Å². The average molecular weight is 308 g/mol. The first-order valence-corrected chi connectivity index (χ1v) is 5.15. The van der Waals surface area contributed by atoms with Gasteiger partial charge in [0.1, 0.15) is 4.83 Å². The minimum absolute atomic E-state index is 0.00306. The molecule has 14 heavy (non-hydrogen) atoms. The first-order valence-electron chi connectivity index (χ1n) is 3.48. The molecule has 0 N–H and O–H groups in total. The molecule has 1 aromatic carbocycles. The SMILES string of the molecule is FC(F)(F)C(Br)c1ccc(Cl)cc1Cl. The molecule has 1 rings (SSSR count). The quantitative estimate of drug-likeness (QED) is 0.641. The highest BCUT2D eigenvalue weighted by atomic mass is 79.9. The first kappa shape index (κ1) is 12.1. The summed E-state index contributed by atoms with van der Waals surface area (Å²) in [5, 5.41) is 0.303. The largest absolute Gasteiger partial charge is 0.405 e. The van der Waals surface area contributed by atoms with E-state index in [-0.39, 0.29) is 10.6 Å². The topological polar surface area (TPSA) is 0 Å². The summed E-state index contributed by atoms with van der Waals surface area (Å²) in [7, 11) is 0. The van der Waals surface area contributed by atoms with Crippen LogP contribution in [-0.2, 0) is 0 Å². The van der Waals surface area contributed by atoms with Gasteiger partial charge in [0.2, 0.25) is 0 Å². The van der Waals surface area contributed by atoms with Gasteiger partial charge < -0.3 is 0 Å². The van der Waals surface area contributed by atoms with Gasteiger partial charge in [-0.25, -0.2) is 0 Å². The van der Waals surface area contributed by atoms with Gasteiger partial charge in [-0.05, 0) is 17.7 Å². The Morgan fingerprint density at radius 1 is 1.21 bits per heavy atom. The molecule has 0 amide bonds. The lowest BCUT2D eigenvalue weighted by atomic mass is 10.1. The number of benzene rings is 1.